The molecule has 0 saturated carbocycles. The van der Waals surface area contributed by atoms with E-state index >= 15 is 0 Å². The summed E-state index contributed by atoms with van der Waals surface area (Å²) in [4.78, 5) is 4.39. The van der Waals surface area contributed by atoms with Crippen molar-refractivity contribution in [2.75, 3.05) is 6.61 Å². The third kappa shape index (κ3) is 4.75. The summed E-state index contributed by atoms with van der Waals surface area (Å²) >= 11 is 5.96. The van der Waals surface area contributed by atoms with E-state index in [1.165, 1.54) is 0 Å². The molecule has 1 unspecified atom stereocenters. The summed E-state index contributed by atoms with van der Waals surface area (Å²) in [6.45, 7) is 1.18. The zero-order valence-corrected chi connectivity index (χ0v) is 15.6. The molecule has 4 nitrogen and oxygen atoms in total. The molecule has 1 atom stereocenters. The number of nitrogens with one attached hydrogen (secondary N) is 1. The standard InChI is InChI=1S/C17H18ClN3O.HI/c18-13-5-3-4-12(10-13)11-20-17(19)21-15-8-9-22-16-7-2-1-6-14(15)16;/h1-7,10,15H,8-9,11H2,(H3,19,20,21);1H. The fourth-order valence-corrected chi connectivity index (χ4v) is 2.74. The van der Waals surface area contributed by atoms with Gasteiger partial charge < -0.3 is 15.8 Å². The number of nitrogens with two attached hydrogens (primary N) is 1. The molecule has 0 spiro atoms. The van der Waals surface area contributed by atoms with Gasteiger partial charge in [-0.15, -0.1) is 24.0 Å². The van der Waals surface area contributed by atoms with Crippen molar-refractivity contribution in [2.24, 2.45) is 10.7 Å². The molecule has 1 heterocycles. The number of para-hydroxylation sites is 1. The van der Waals surface area contributed by atoms with Gasteiger partial charge in [-0.3, -0.25) is 0 Å². The van der Waals surface area contributed by atoms with Crippen molar-refractivity contribution in [3.8, 4) is 5.75 Å². The van der Waals surface area contributed by atoms with Crippen LogP contribution in [0.4, 0.5) is 0 Å². The molecule has 3 rings (SSSR count). The van der Waals surface area contributed by atoms with Crippen LogP contribution in [-0.2, 0) is 6.54 Å². The summed E-state index contributed by atoms with van der Waals surface area (Å²) in [5.74, 6) is 1.34. The zero-order chi connectivity index (χ0) is 15.4. The molecule has 6 heteroatoms. The first-order valence-corrected chi connectivity index (χ1v) is 7.63. The molecule has 0 aromatic heterocycles. The summed E-state index contributed by atoms with van der Waals surface area (Å²) in [5, 5.41) is 3.98. The van der Waals surface area contributed by atoms with Gasteiger partial charge in [-0.1, -0.05) is 41.9 Å². The van der Waals surface area contributed by atoms with E-state index < -0.39 is 0 Å². The van der Waals surface area contributed by atoms with Gasteiger partial charge in [0.15, 0.2) is 5.96 Å². The lowest BCUT2D eigenvalue weighted by atomic mass is 10.0. The molecule has 0 aliphatic carbocycles. The van der Waals surface area contributed by atoms with E-state index in [0.717, 1.165) is 23.3 Å². The van der Waals surface area contributed by atoms with Gasteiger partial charge in [0.1, 0.15) is 5.75 Å². The maximum Gasteiger partial charge on any atom is 0.189 e. The molecule has 2 aromatic rings. The van der Waals surface area contributed by atoms with Crippen LogP contribution >= 0.6 is 35.6 Å². The maximum absolute atomic E-state index is 6.01. The minimum Gasteiger partial charge on any atom is -0.493 e. The van der Waals surface area contributed by atoms with Gasteiger partial charge in [-0.25, -0.2) is 4.99 Å². The minimum atomic E-state index is 0. The molecule has 0 amide bonds. The number of benzene rings is 2. The third-order valence-corrected chi connectivity index (χ3v) is 3.84. The van der Waals surface area contributed by atoms with Crippen LogP contribution in [0.25, 0.3) is 0 Å². The van der Waals surface area contributed by atoms with Gasteiger partial charge >= 0.3 is 0 Å². The summed E-state index contributed by atoms with van der Waals surface area (Å²) in [7, 11) is 0. The van der Waals surface area contributed by atoms with Crippen molar-refractivity contribution in [3.63, 3.8) is 0 Å². The van der Waals surface area contributed by atoms with E-state index in [1.807, 2.05) is 42.5 Å². The maximum atomic E-state index is 6.01. The molecule has 3 N–H and O–H groups in total. The van der Waals surface area contributed by atoms with Gasteiger partial charge in [0.25, 0.3) is 0 Å². The Balaban J connectivity index is 0.00000192. The zero-order valence-electron chi connectivity index (χ0n) is 12.5. The Bertz CT molecular complexity index is 693. The number of guanidine groups is 1. The van der Waals surface area contributed by atoms with Crippen LogP contribution in [0, 0.1) is 0 Å². The molecule has 1 aliphatic heterocycles. The number of halogens is 2. The van der Waals surface area contributed by atoms with Gasteiger partial charge in [-0.2, -0.15) is 0 Å². The summed E-state index contributed by atoms with van der Waals surface area (Å²) in [5.41, 5.74) is 8.16. The lowest BCUT2D eigenvalue weighted by molar-refractivity contribution is 0.262. The van der Waals surface area contributed by atoms with Crippen LogP contribution < -0.4 is 15.8 Å². The predicted octanol–water partition coefficient (Wildman–Crippen LogP) is 3.89. The van der Waals surface area contributed by atoms with Crippen LogP contribution in [0.3, 0.4) is 0 Å². The van der Waals surface area contributed by atoms with Crippen LogP contribution in [0.2, 0.25) is 5.02 Å². The highest BCUT2D eigenvalue weighted by molar-refractivity contribution is 14.0. The van der Waals surface area contributed by atoms with Gasteiger partial charge in [0.2, 0.25) is 0 Å². The molecular formula is C17H19ClIN3O. The Labute approximate surface area is 158 Å². The Morgan fingerprint density at radius 3 is 2.91 bits per heavy atom. The molecule has 1 aliphatic rings. The molecule has 122 valence electrons. The number of rotatable bonds is 3. The molecule has 0 bridgehead atoms. The Morgan fingerprint density at radius 2 is 2.09 bits per heavy atom. The normalized spacial score (nSPS) is 16.7. The minimum absolute atomic E-state index is 0. The number of hydrogen-bond acceptors (Lipinski definition) is 2. The van der Waals surface area contributed by atoms with Crippen LogP contribution in [0.15, 0.2) is 53.5 Å². The average Bonchev–Trinajstić information content (AvgIpc) is 2.53. The summed E-state index contributed by atoms with van der Waals surface area (Å²) < 4.78 is 5.64. The van der Waals surface area contributed by atoms with Crippen molar-refractivity contribution >= 4 is 41.5 Å². The molecular weight excluding hydrogens is 425 g/mol. The lowest BCUT2D eigenvalue weighted by Crippen LogP contribution is -2.37. The second-order valence-corrected chi connectivity index (χ2v) is 5.64. The number of fused-ring (bicyclic) bond motifs is 1. The molecule has 0 saturated heterocycles. The largest absolute Gasteiger partial charge is 0.493 e. The third-order valence-electron chi connectivity index (χ3n) is 3.60. The fraction of sp³-hybridized carbons (Fsp3) is 0.235. The van der Waals surface area contributed by atoms with Gasteiger partial charge in [0, 0.05) is 17.0 Å². The van der Waals surface area contributed by atoms with Crippen molar-refractivity contribution in [2.45, 2.75) is 19.0 Å². The Kier molecular flexibility index (Phi) is 6.53. The van der Waals surface area contributed by atoms with E-state index in [9.17, 15) is 0 Å². The van der Waals surface area contributed by atoms with Crippen molar-refractivity contribution in [3.05, 3.63) is 64.7 Å². The average molecular weight is 444 g/mol. The summed E-state index contributed by atoms with van der Waals surface area (Å²) in [6, 6.07) is 15.8. The van der Waals surface area contributed by atoms with E-state index in [1.54, 1.807) is 0 Å². The number of aliphatic imine (C=N–C) groups is 1. The monoisotopic (exact) mass is 443 g/mol. The predicted molar refractivity (Wildman–Crippen MR) is 105 cm³/mol. The molecule has 2 aromatic carbocycles. The first-order valence-electron chi connectivity index (χ1n) is 7.25. The second-order valence-electron chi connectivity index (χ2n) is 5.20. The first-order chi connectivity index (χ1) is 10.7. The van der Waals surface area contributed by atoms with Crippen molar-refractivity contribution in [1.29, 1.82) is 0 Å². The van der Waals surface area contributed by atoms with Crippen LogP contribution in [-0.4, -0.2) is 12.6 Å². The Morgan fingerprint density at radius 1 is 1.26 bits per heavy atom. The highest BCUT2D eigenvalue weighted by atomic mass is 127. The van der Waals surface area contributed by atoms with Gasteiger partial charge in [-0.05, 0) is 23.8 Å². The van der Waals surface area contributed by atoms with Crippen molar-refractivity contribution < 1.29 is 4.74 Å². The highest BCUT2D eigenvalue weighted by Gasteiger charge is 2.21. The Hall–Kier alpha value is -1.47. The second kappa shape index (κ2) is 8.40. The number of ether oxygens (including phenoxy) is 1. The molecule has 23 heavy (non-hydrogen) atoms. The highest BCUT2D eigenvalue weighted by Crippen LogP contribution is 2.31. The number of hydrogen-bond donors (Lipinski definition) is 2. The van der Waals surface area contributed by atoms with E-state index in [4.69, 9.17) is 22.1 Å². The van der Waals surface area contributed by atoms with E-state index in [-0.39, 0.29) is 30.0 Å². The topological polar surface area (TPSA) is 59.6 Å². The summed E-state index contributed by atoms with van der Waals surface area (Å²) in [6.07, 6.45) is 0.865. The molecule has 0 fully saturated rings. The smallest absolute Gasteiger partial charge is 0.189 e. The number of nitrogens with zero attached hydrogens (tertiary/aromatic N) is 1. The lowest BCUT2D eigenvalue weighted by Gasteiger charge is -2.26. The van der Waals surface area contributed by atoms with Crippen molar-refractivity contribution in [1.82, 2.24) is 5.32 Å². The quantitative estimate of drug-likeness (QED) is 0.430. The van der Waals surface area contributed by atoms with Gasteiger partial charge in [0.05, 0.1) is 19.2 Å². The SMILES string of the molecule is I.NC(=NCc1cccc(Cl)c1)NC1CCOc2ccccc21. The fourth-order valence-electron chi connectivity index (χ4n) is 2.53. The first kappa shape index (κ1) is 17.9. The van der Waals surface area contributed by atoms with E-state index in [2.05, 4.69) is 16.4 Å². The van der Waals surface area contributed by atoms with E-state index in [0.29, 0.717) is 24.1 Å². The van der Waals surface area contributed by atoms with Crippen LogP contribution in [0.5, 0.6) is 5.75 Å². The van der Waals surface area contributed by atoms with Crippen LogP contribution in [0.1, 0.15) is 23.6 Å². The molecule has 0 radical (unpaired) electrons.